The number of benzene rings is 2. The molecule has 1 saturated heterocycles. The largest absolute Gasteiger partial charge is 0.457 e. The molecule has 1 heterocycles. The summed E-state index contributed by atoms with van der Waals surface area (Å²) in [5.41, 5.74) is 1.93. The van der Waals surface area contributed by atoms with E-state index in [2.05, 4.69) is 36.2 Å². The van der Waals surface area contributed by atoms with Crippen LogP contribution in [-0.2, 0) is 4.74 Å². The molecule has 2 aromatic carbocycles. The molecule has 2 atom stereocenters. The van der Waals surface area contributed by atoms with Gasteiger partial charge in [-0.2, -0.15) is 0 Å². The summed E-state index contributed by atoms with van der Waals surface area (Å²) < 4.78 is 5.72. The number of carbonyl (C=O) groups is 1. The molecule has 1 fully saturated rings. The maximum absolute atomic E-state index is 12.2. The molecule has 0 N–H and O–H groups in total. The molecule has 1 aliphatic rings. The van der Waals surface area contributed by atoms with Crippen molar-refractivity contribution in [1.29, 1.82) is 0 Å². The van der Waals surface area contributed by atoms with Crippen molar-refractivity contribution in [2.75, 3.05) is 20.1 Å². The Bertz CT molecular complexity index is 612. The highest BCUT2D eigenvalue weighted by molar-refractivity contribution is 5.89. The maximum Gasteiger partial charge on any atom is 0.338 e. The van der Waals surface area contributed by atoms with Gasteiger partial charge >= 0.3 is 5.97 Å². The van der Waals surface area contributed by atoms with E-state index in [0.717, 1.165) is 19.5 Å². The van der Waals surface area contributed by atoms with Crippen LogP contribution in [0, 0.1) is 0 Å². The van der Waals surface area contributed by atoms with Crippen LogP contribution in [0.4, 0.5) is 0 Å². The molecule has 0 amide bonds. The number of rotatable bonds is 3. The molecule has 0 spiro atoms. The molecule has 3 nitrogen and oxygen atoms in total. The summed E-state index contributed by atoms with van der Waals surface area (Å²) in [6, 6.07) is 19.7. The van der Waals surface area contributed by atoms with E-state index in [1.165, 1.54) is 5.56 Å². The molecule has 114 valence electrons. The summed E-state index contributed by atoms with van der Waals surface area (Å²) in [7, 11) is 2.08. The van der Waals surface area contributed by atoms with Crippen LogP contribution in [0.3, 0.4) is 0 Å². The van der Waals surface area contributed by atoms with Gasteiger partial charge in [-0.15, -0.1) is 0 Å². The molecule has 0 unspecified atom stereocenters. The van der Waals surface area contributed by atoms with Gasteiger partial charge in [-0.25, -0.2) is 4.79 Å². The molecule has 3 rings (SSSR count). The SMILES string of the molecule is CN1C[C@H](OC(=O)c2ccccc2)C[C@H](c2ccccc2)C1. The van der Waals surface area contributed by atoms with Crippen molar-refractivity contribution in [2.24, 2.45) is 0 Å². The second-order valence-corrected chi connectivity index (χ2v) is 5.96. The van der Waals surface area contributed by atoms with E-state index in [4.69, 9.17) is 4.74 Å². The Kier molecular flexibility index (Phi) is 4.54. The highest BCUT2D eigenvalue weighted by Crippen LogP contribution is 2.28. The second-order valence-electron chi connectivity index (χ2n) is 5.96. The van der Waals surface area contributed by atoms with Gasteiger partial charge in [0.2, 0.25) is 0 Å². The van der Waals surface area contributed by atoms with Crippen LogP contribution in [0.2, 0.25) is 0 Å². The first-order valence-corrected chi connectivity index (χ1v) is 7.72. The third-order valence-electron chi connectivity index (χ3n) is 4.15. The molecule has 0 saturated carbocycles. The average molecular weight is 295 g/mol. The van der Waals surface area contributed by atoms with Crippen LogP contribution in [0.15, 0.2) is 60.7 Å². The van der Waals surface area contributed by atoms with Crippen molar-refractivity contribution in [1.82, 2.24) is 4.90 Å². The van der Waals surface area contributed by atoms with Gasteiger partial charge in [-0.05, 0) is 31.2 Å². The zero-order chi connectivity index (χ0) is 15.4. The van der Waals surface area contributed by atoms with Gasteiger partial charge in [0, 0.05) is 19.0 Å². The molecular weight excluding hydrogens is 274 g/mol. The van der Waals surface area contributed by atoms with Crippen LogP contribution in [0.25, 0.3) is 0 Å². The zero-order valence-electron chi connectivity index (χ0n) is 12.8. The van der Waals surface area contributed by atoms with Gasteiger partial charge in [-0.3, -0.25) is 0 Å². The molecule has 22 heavy (non-hydrogen) atoms. The Balaban J connectivity index is 1.68. The number of piperidine rings is 1. The van der Waals surface area contributed by atoms with Crippen molar-refractivity contribution < 1.29 is 9.53 Å². The number of ether oxygens (including phenoxy) is 1. The molecule has 2 aromatic rings. The summed E-state index contributed by atoms with van der Waals surface area (Å²) in [5, 5.41) is 0. The van der Waals surface area contributed by atoms with Crippen LogP contribution in [-0.4, -0.2) is 37.1 Å². The van der Waals surface area contributed by atoms with Gasteiger partial charge in [0.1, 0.15) is 6.10 Å². The topological polar surface area (TPSA) is 29.5 Å². The summed E-state index contributed by atoms with van der Waals surface area (Å²) in [6.07, 6.45) is 0.823. The predicted molar refractivity (Wildman–Crippen MR) is 86.9 cm³/mol. The summed E-state index contributed by atoms with van der Waals surface area (Å²) in [4.78, 5) is 14.5. The lowest BCUT2D eigenvalue weighted by atomic mass is 9.89. The van der Waals surface area contributed by atoms with E-state index in [-0.39, 0.29) is 12.1 Å². The van der Waals surface area contributed by atoms with E-state index in [0.29, 0.717) is 11.5 Å². The lowest BCUT2D eigenvalue weighted by Gasteiger charge is -2.35. The quantitative estimate of drug-likeness (QED) is 0.813. The third kappa shape index (κ3) is 3.55. The van der Waals surface area contributed by atoms with Crippen molar-refractivity contribution in [2.45, 2.75) is 18.4 Å². The minimum absolute atomic E-state index is 0.0586. The molecule has 3 heteroatoms. The standard InChI is InChI=1S/C19H21NO2/c1-20-13-17(15-8-4-2-5-9-15)12-18(14-20)22-19(21)16-10-6-3-7-11-16/h2-11,17-18H,12-14H2,1H3/t17-,18+/m0/s1. The van der Waals surface area contributed by atoms with Gasteiger partial charge in [0.15, 0.2) is 0 Å². The van der Waals surface area contributed by atoms with Crippen molar-refractivity contribution in [3.8, 4) is 0 Å². The fourth-order valence-corrected chi connectivity index (χ4v) is 3.11. The number of nitrogens with zero attached hydrogens (tertiary/aromatic N) is 1. The highest BCUT2D eigenvalue weighted by atomic mass is 16.5. The Morgan fingerprint density at radius 1 is 1.00 bits per heavy atom. The number of esters is 1. The second kappa shape index (κ2) is 6.75. The number of hydrogen-bond acceptors (Lipinski definition) is 3. The first kappa shape index (κ1) is 14.8. The normalized spacial score (nSPS) is 22.2. The third-order valence-corrected chi connectivity index (χ3v) is 4.15. The number of carbonyl (C=O) groups excluding carboxylic acids is 1. The first-order chi connectivity index (χ1) is 10.7. The molecule has 0 bridgehead atoms. The first-order valence-electron chi connectivity index (χ1n) is 7.72. The van der Waals surface area contributed by atoms with E-state index in [9.17, 15) is 4.79 Å². The minimum atomic E-state index is -0.229. The lowest BCUT2D eigenvalue weighted by molar-refractivity contribution is 0.00690. The fraction of sp³-hybridized carbons (Fsp3) is 0.316. The molecule has 0 radical (unpaired) electrons. The fourth-order valence-electron chi connectivity index (χ4n) is 3.11. The van der Waals surface area contributed by atoms with Crippen LogP contribution < -0.4 is 0 Å². The average Bonchev–Trinajstić information content (AvgIpc) is 2.56. The van der Waals surface area contributed by atoms with Crippen LogP contribution in [0.1, 0.15) is 28.3 Å². The van der Waals surface area contributed by atoms with E-state index < -0.39 is 0 Å². The summed E-state index contributed by atoms with van der Waals surface area (Å²) >= 11 is 0. The maximum atomic E-state index is 12.2. The number of hydrogen-bond donors (Lipinski definition) is 0. The monoisotopic (exact) mass is 295 g/mol. The van der Waals surface area contributed by atoms with Crippen molar-refractivity contribution in [3.05, 3.63) is 71.8 Å². The Morgan fingerprint density at radius 2 is 1.64 bits per heavy atom. The molecule has 0 aliphatic carbocycles. The zero-order valence-corrected chi connectivity index (χ0v) is 12.8. The van der Waals surface area contributed by atoms with Crippen molar-refractivity contribution in [3.63, 3.8) is 0 Å². The Morgan fingerprint density at radius 3 is 2.32 bits per heavy atom. The van der Waals surface area contributed by atoms with Gasteiger partial charge in [0.25, 0.3) is 0 Å². The highest BCUT2D eigenvalue weighted by Gasteiger charge is 2.29. The lowest BCUT2D eigenvalue weighted by Crippen LogP contribution is -2.42. The predicted octanol–water partition coefficient (Wildman–Crippen LogP) is 3.33. The number of likely N-dealkylation sites (N-methyl/N-ethyl adjacent to an activating group) is 1. The van der Waals surface area contributed by atoms with Crippen LogP contribution in [0.5, 0.6) is 0 Å². The van der Waals surface area contributed by atoms with Gasteiger partial charge < -0.3 is 9.64 Å². The Hall–Kier alpha value is -2.13. The van der Waals surface area contributed by atoms with E-state index in [1.807, 2.05) is 24.3 Å². The summed E-state index contributed by atoms with van der Waals surface area (Å²) in [6.45, 7) is 1.80. The Labute approximate surface area is 131 Å². The molecule has 1 aliphatic heterocycles. The molecule has 0 aromatic heterocycles. The smallest absolute Gasteiger partial charge is 0.338 e. The molecular formula is C19H21NO2. The van der Waals surface area contributed by atoms with Gasteiger partial charge in [-0.1, -0.05) is 48.5 Å². The number of likely N-dealkylation sites (tertiary alicyclic amines) is 1. The van der Waals surface area contributed by atoms with E-state index in [1.54, 1.807) is 12.1 Å². The summed E-state index contributed by atoms with van der Waals surface area (Å²) in [5.74, 6) is 0.182. The van der Waals surface area contributed by atoms with Crippen molar-refractivity contribution >= 4 is 5.97 Å². The van der Waals surface area contributed by atoms with Crippen LogP contribution >= 0.6 is 0 Å². The minimum Gasteiger partial charge on any atom is -0.457 e. The van der Waals surface area contributed by atoms with Gasteiger partial charge in [0.05, 0.1) is 5.56 Å². The van der Waals surface area contributed by atoms with E-state index >= 15 is 0 Å².